The molecule has 6 aromatic carbocycles. The molecule has 0 fully saturated rings. The van der Waals surface area contributed by atoms with E-state index in [1.54, 1.807) is 0 Å². The van der Waals surface area contributed by atoms with Gasteiger partial charge in [-0.15, -0.1) is 0 Å². The molecule has 302 valence electrons. The number of hydrogen-bond acceptors (Lipinski definition) is 2. The molecule has 2 unspecified atom stereocenters. The number of nitrogens with zero attached hydrogens (tertiary/aromatic N) is 2. The molecule has 0 aliphatic heterocycles. The monoisotopic (exact) mass is 1010 g/mol. The quantitative estimate of drug-likeness (QED) is 0.140. The largest absolute Gasteiger partial charge is 2.00 e. The van der Waals surface area contributed by atoms with Gasteiger partial charge in [-0.1, -0.05) is 170 Å². The first-order chi connectivity index (χ1) is 25.2. The van der Waals surface area contributed by atoms with Crippen LogP contribution < -0.4 is 46.0 Å². The molecule has 0 saturated carbocycles. The molecule has 0 radical (unpaired) electrons. The van der Waals surface area contributed by atoms with Gasteiger partial charge in [0.2, 0.25) is 0 Å². The minimum absolute atomic E-state index is 0. The minimum Gasteiger partial charge on any atom is -1.00 e. The SMILES string of the molecule is Cc1ccccc1C(C)N(C)C.Cc1ccccc1C(C)N(C)C.[Cl-].[Cl-].[Pd+2].[Pd+2].c1ccc(P(CCP(c2ccccc2)c2ccccc2)c2ccccc2)cc1. The van der Waals surface area contributed by atoms with E-state index in [1.807, 2.05) is 0 Å². The topological polar surface area (TPSA) is 6.48 Å². The fourth-order valence-corrected chi connectivity index (χ4v) is 11.5. The van der Waals surface area contributed by atoms with Gasteiger partial charge >= 0.3 is 40.8 Å². The predicted molar refractivity (Wildman–Crippen MR) is 234 cm³/mol. The van der Waals surface area contributed by atoms with Crippen molar-refractivity contribution in [1.82, 2.24) is 9.80 Å². The van der Waals surface area contributed by atoms with Crippen LogP contribution in [0.1, 0.15) is 48.2 Å². The third-order valence-electron chi connectivity index (χ3n) is 9.64. The van der Waals surface area contributed by atoms with Crippen molar-refractivity contribution < 1.29 is 65.7 Å². The van der Waals surface area contributed by atoms with E-state index in [9.17, 15) is 0 Å². The van der Waals surface area contributed by atoms with Crippen LogP contribution in [0.5, 0.6) is 0 Å². The zero-order valence-corrected chi connectivity index (χ0v) is 40.3. The molecule has 0 bridgehead atoms. The standard InChI is InChI=1S/C26H24P2.2C11H17N.2ClH.2Pd/c1-5-13-23(14-6-1)27(24-15-7-2-8-16-24)21-22-28(25-17-9-3-10-18-25)26-19-11-4-12-20-26;2*1-9-7-5-6-8-11(9)10(2)12(3)4;;;;/h1-20H,21-22H2;2*5-8,10H,1-4H3;2*1H;;/q;;;;;2*+2/p-2. The van der Waals surface area contributed by atoms with E-state index >= 15 is 0 Å². The normalized spacial score (nSPS) is 11.3. The Balaban J connectivity index is 0.000000909. The zero-order chi connectivity index (χ0) is 37.3. The van der Waals surface area contributed by atoms with Crippen LogP contribution in [0.2, 0.25) is 0 Å². The van der Waals surface area contributed by atoms with Crippen molar-refractivity contribution in [3.63, 3.8) is 0 Å². The maximum absolute atomic E-state index is 2.30. The molecule has 0 heterocycles. The van der Waals surface area contributed by atoms with Gasteiger partial charge in [0.1, 0.15) is 0 Å². The van der Waals surface area contributed by atoms with Gasteiger partial charge in [-0.05, 0) is 128 Å². The molecule has 0 aliphatic carbocycles. The van der Waals surface area contributed by atoms with Crippen molar-refractivity contribution in [3.8, 4) is 0 Å². The van der Waals surface area contributed by atoms with Crippen LogP contribution in [0, 0.1) is 13.8 Å². The summed E-state index contributed by atoms with van der Waals surface area (Å²) < 4.78 is 0. The Bertz CT molecular complexity index is 1650. The van der Waals surface area contributed by atoms with Crippen molar-refractivity contribution in [2.45, 2.75) is 39.8 Å². The Hall–Kier alpha value is -2.00. The van der Waals surface area contributed by atoms with Gasteiger partial charge in [-0.25, -0.2) is 0 Å². The minimum atomic E-state index is -0.348. The van der Waals surface area contributed by atoms with Crippen molar-refractivity contribution in [2.24, 2.45) is 0 Å². The fourth-order valence-electron chi connectivity index (χ4n) is 6.11. The summed E-state index contributed by atoms with van der Waals surface area (Å²) in [6, 6.07) is 62.3. The Labute approximate surface area is 381 Å². The van der Waals surface area contributed by atoms with Gasteiger partial charge in [-0.3, -0.25) is 0 Å². The maximum atomic E-state index is 2.30. The van der Waals surface area contributed by atoms with Gasteiger partial charge in [0.05, 0.1) is 0 Å². The van der Waals surface area contributed by atoms with Crippen LogP contribution in [-0.2, 0) is 40.8 Å². The second-order valence-corrected chi connectivity index (χ2v) is 18.3. The van der Waals surface area contributed by atoms with Crippen LogP contribution in [-0.4, -0.2) is 50.3 Å². The molecule has 0 saturated heterocycles. The summed E-state index contributed by atoms with van der Waals surface area (Å²) >= 11 is 0. The van der Waals surface area contributed by atoms with Gasteiger partial charge < -0.3 is 34.6 Å². The molecule has 0 aliphatic rings. The number of hydrogen-bond donors (Lipinski definition) is 0. The molecule has 2 nitrogen and oxygen atoms in total. The predicted octanol–water partition coefficient (Wildman–Crippen LogP) is 4.49. The number of halogens is 2. The Kier molecular flexibility index (Phi) is 28.2. The third kappa shape index (κ3) is 17.1. The van der Waals surface area contributed by atoms with E-state index in [0.717, 1.165) is 0 Å². The maximum Gasteiger partial charge on any atom is 2.00 e. The second-order valence-electron chi connectivity index (χ2n) is 13.6. The second kappa shape index (κ2) is 29.3. The first-order valence-electron chi connectivity index (χ1n) is 18.4. The molecule has 2 atom stereocenters. The molecule has 0 amide bonds. The van der Waals surface area contributed by atoms with Crippen molar-refractivity contribution in [2.75, 3.05) is 40.5 Å². The smallest absolute Gasteiger partial charge is 1.00 e. The van der Waals surface area contributed by atoms with E-state index in [2.05, 4.69) is 236 Å². The molecule has 8 heteroatoms. The summed E-state index contributed by atoms with van der Waals surface area (Å²) in [6.45, 7) is 8.77. The summed E-state index contributed by atoms with van der Waals surface area (Å²) in [5, 5.41) is 5.89. The summed E-state index contributed by atoms with van der Waals surface area (Å²) in [5.74, 6) is 0. The molecule has 6 aromatic rings. The summed E-state index contributed by atoms with van der Waals surface area (Å²) in [5.41, 5.74) is 5.59. The van der Waals surface area contributed by atoms with Crippen molar-refractivity contribution in [1.29, 1.82) is 0 Å². The van der Waals surface area contributed by atoms with Crippen molar-refractivity contribution >= 4 is 37.1 Å². The Morgan fingerprint density at radius 1 is 0.375 bits per heavy atom. The van der Waals surface area contributed by atoms with E-state index in [1.165, 1.54) is 55.8 Å². The van der Waals surface area contributed by atoms with E-state index in [0.29, 0.717) is 12.1 Å². The molecule has 0 N–H and O–H groups in total. The zero-order valence-electron chi connectivity index (χ0n) is 33.9. The van der Waals surface area contributed by atoms with Gasteiger partial charge in [0, 0.05) is 12.1 Å². The molecule has 0 aromatic heterocycles. The van der Waals surface area contributed by atoms with Crippen LogP contribution in [0.3, 0.4) is 0 Å². The average Bonchev–Trinajstić information content (AvgIpc) is 3.18. The third-order valence-corrected chi connectivity index (χ3v) is 15.0. The molecule has 56 heavy (non-hydrogen) atoms. The summed E-state index contributed by atoms with van der Waals surface area (Å²) in [4.78, 5) is 4.45. The summed E-state index contributed by atoms with van der Waals surface area (Å²) in [7, 11) is 7.74. The number of rotatable bonds is 11. The summed E-state index contributed by atoms with van der Waals surface area (Å²) in [6.07, 6.45) is 2.41. The average molecular weight is 1010 g/mol. The number of benzene rings is 6. The van der Waals surface area contributed by atoms with Crippen LogP contribution in [0.4, 0.5) is 0 Å². The molecule has 6 rings (SSSR count). The molecule has 0 spiro atoms. The molecular weight excluding hydrogens is 950 g/mol. The van der Waals surface area contributed by atoms with E-state index in [-0.39, 0.29) is 81.5 Å². The van der Waals surface area contributed by atoms with E-state index in [4.69, 9.17) is 0 Å². The fraction of sp³-hybridized carbons (Fsp3) is 0.250. The first-order valence-corrected chi connectivity index (χ1v) is 21.4. The Morgan fingerprint density at radius 2 is 0.589 bits per heavy atom. The molecular formula is C48H58Cl2N2P2Pd2+2. The van der Waals surface area contributed by atoms with Crippen LogP contribution in [0.25, 0.3) is 0 Å². The number of aryl methyl sites for hydroxylation is 2. The van der Waals surface area contributed by atoms with Crippen LogP contribution >= 0.6 is 15.8 Å². The van der Waals surface area contributed by atoms with Crippen LogP contribution in [0.15, 0.2) is 170 Å². The van der Waals surface area contributed by atoms with Gasteiger partial charge in [-0.2, -0.15) is 0 Å². The first kappa shape index (κ1) is 54.0. The van der Waals surface area contributed by atoms with E-state index < -0.39 is 0 Å². The Morgan fingerprint density at radius 3 is 0.804 bits per heavy atom. The van der Waals surface area contributed by atoms with Gasteiger partial charge in [0.25, 0.3) is 0 Å². The van der Waals surface area contributed by atoms with Gasteiger partial charge in [0.15, 0.2) is 0 Å². The van der Waals surface area contributed by atoms with Crippen molar-refractivity contribution in [3.05, 3.63) is 192 Å².